The zero-order valence-corrected chi connectivity index (χ0v) is 10.6. The second-order valence-electron chi connectivity index (χ2n) is 4.80. The molecule has 96 valence electrons. The molecule has 1 fully saturated rings. The minimum atomic E-state index is 0.240. The van der Waals surface area contributed by atoms with Crippen molar-refractivity contribution in [3.8, 4) is 11.5 Å². The molecule has 1 aromatic carbocycles. The van der Waals surface area contributed by atoms with Gasteiger partial charge in [0.15, 0.2) is 11.5 Å². The molecule has 3 nitrogen and oxygen atoms in total. The van der Waals surface area contributed by atoms with Gasteiger partial charge in [0.2, 0.25) is 0 Å². The largest absolute Gasteiger partial charge is 0.486 e. The van der Waals surface area contributed by atoms with Crippen molar-refractivity contribution in [2.45, 2.75) is 18.9 Å². The summed E-state index contributed by atoms with van der Waals surface area (Å²) in [5.74, 6) is 1.77. The third kappa shape index (κ3) is 1.99. The number of benzene rings is 1. The van der Waals surface area contributed by atoms with Crippen LogP contribution in [0, 0.1) is 0 Å². The first-order valence-electron chi connectivity index (χ1n) is 6.65. The van der Waals surface area contributed by atoms with Crippen LogP contribution in [0.3, 0.4) is 0 Å². The van der Waals surface area contributed by atoms with Crippen molar-refractivity contribution in [2.24, 2.45) is 0 Å². The van der Waals surface area contributed by atoms with E-state index in [-0.39, 0.29) is 6.04 Å². The molecule has 0 radical (unpaired) electrons. The zero-order chi connectivity index (χ0) is 12.4. The fourth-order valence-electron chi connectivity index (χ4n) is 2.82. The summed E-state index contributed by atoms with van der Waals surface area (Å²) in [4.78, 5) is 2.46. The van der Waals surface area contributed by atoms with Gasteiger partial charge in [-0.15, -0.1) is 6.58 Å². The summed E-state index contributed by atoms with van der Waals surface area (Å²) in [5, 5.41) is 0. The Balaban J connectivity index is 1.96. The molecule has 0 amide bonds. The normalized spacial score (nSPS) is 20.7. The Morgan fingerprint density at radius 2 is 1.94 bits per heavy atom. The number of hydrogen-bond donors (Lipinski definition) is 0. The summed E-state index contributed by atoms with van der Waals surface area (Å²) in [7, 11) is 0. The Labute approximate surface area is 108 Å². The predicted molar refractivity (Wildman–Crippen MR) is 71.2 cm³/mol. The third-order valence-electron chi connectivity index (χ3n) is 3.67. The molecule has 0 aliphatic carbocycles. The second-order valence-corrected chi connectivity index (χ2v) is 4.80. The van der Waals surface area contributed by atoms with Gasteiger partial charge in [-0.3, -0.25) is 4.90 Å². The first-order chi connectivity index (χ1) is 8.90. The van der Waals surface area contributed by atoms with Crippen LogP contribution in [0.15, 0.2) is 30.9 Å². The fraction of sp³-hybridized carbons (Fsp3) is 0.467. The van der Waals surface area contributed by atoms with Crippen LogP contribution in [0.4, 0.5) is 0 Å². The van der Waals surface area contributed by atoms with E-state index < -0.39 is 0 Å². The molecule has 1 saturated heterocycles. The SMILES string of the molecule is C=CC(c1cccc2c1OCCO2)N1CCCC1. The molecule has 0 aromatic heterocycles. The number of likely N-dealkylation sites (tertiary alicyclic amines) is 1. The van der Waals surface area contributed by atoms with Crippen LogP contribution in [-0.4, -0.2) is 31.2 Å². The van der Waals surface area contributed by atoms with Crippen LogP contribution < -0.4 is 9.47 Å². The van der Waals surface area contributed by atoms with Gasteiger partial charge >= 0.3 is 0 Å². The fourth-order valence-corrected chi connectivity index (χ4v) is 2.82. The van der Waals surface area contributed by atoms with E-state index in [1.165, 1.54) is 18.4 Å². The van der Waals surface area contributed by atoms with Crippen LogP contribution in [-0.2, 0) is 0 Å². The van der Waals surface area contributed by atoms with Crippen molar-refractivity contribution in [2.75, 3.05) is 26.3 Å². The van der Waals surface area contributed by atoms with E-state index in [4.69, 9.17) is 9.47 Å². The van der Waals surface area contributed by atoms with E-state index in [9.17, 15) is 0 Å². The molecule has 0 saturated carbocycles. The van der Waals surface area contributed by atoms with E-state index >= 15 is 0 Å². The van der Waals surface area contributed by atoms with Crippen LogP contribution in [0.25, 0.3) is 0 Å². The molecule has 2 aliphatic heterocycles. The number of fused-ring (bicyclic) bond motifs is 1. The van der Waals surface area contributed by atoms with E-state index in [2.05, 4.69) is 17.5 Å². The van der Waals surface area contributed by atoms with Gasteiger partial charge in [0, 0.05) is 5.56 Å². The highest BCUT2D eigenvalue weighted by atomic mass is 16.6. The first kappa shape index (κ1) is 11.6. The lowest BCUT2D eigenvalue weighted by Crippen LogP contribution is -2.26. The van der Waals surface area contributed by atoms with Crippen LogP contribution in [0.2, 0.25) is 0 Å². The monoisotopic (exact) mass is 245 g/mol. The lowest BCUT2D eigenvalue weighted by molar-refractivity contribution is 0.166. The summed E-state index contributed by atoms with van der Waals surface area (Å²) < 4.78 is 11.4. The predicted octanol–water partition coefficient (Wildman–Crippen LogP) is 2.78. The highest BCUT2D eigenvalue weighted by Gasteiger charge is 2.26. The highest BCUT2D eigenvalue weighted by Crippen LogP contribution is 2.40. The molecular formula is C15H19NO2. The molecule has 18 heavy (non-hydrogen) atoms. The molecular weight excluding hydrogens is 226 g/mol. The highest BCUT2D eigenvalue weighted by molar-refractivity contribution is 5.49. The molecule has 1 atom stereocenters. The van der Waals surface area contributed by atoms with Crippen molar-refractivity contribution in [1.29, 1.82) is 0 Å². The Morgan fingerprint density at radius 3 is 2.72 bits per heavy atom. The molecule has 0 spiro atoms. The summed E-state index contributed by atoms with van der Waals surface area (Å²) in [6.45, 7) is 7.54. The first-order valence-corrected chi connectivity index (χ1v) is 6.65. The molecule has 1 aromatic rings. The van der Waals surface area contributed by atoms with Crippen molar-refractivity contribution in [3.63, 3.8) is 0 Å². The van der Waals surface area contributed by atoms with E-state index in [0.717, 1.165) is 24.6 Å². The smallest absolute Gasteiger partial charge is 0.166 e. The average molecular weight is 245 g/mol. The molecule has 2 aliphatic rings. The van der Waals surface area contributed by atoms with Crippen molar-refractivity contribution < 1.29 is 9.47 Å². The van der Waals surface area contributed by atoms with Crippen LogP contribution in [0.5, 0.6) is 11.5 Å². The molecule has 3 rings (SSSR count). The van der Waals surface area contributed by atoms with Gasteiger partial charge in [0.05, 0.1) is 6.04 Å². The van der Waals surface area contributed by atoms with Crippen molar-refractivity contribution in [3.05, 3.63) is 36.4 Å². The zero-order valence-electron chi connectivity index (χ0n) is 10.6. The van der Waals surface area contributed by atoms with Gasteiger partial charge in [-0.05, 0) is 32.0 Å². The minimum absolute atomic E-state index is 0.240. The Hall–Kier alpha value is -1.48. The number of nitrogens with zero attached hydrogens (tertiary/aromatic N) is 1. The molecule has 1 unspecified atom stereocenters. The quantitative estimate of drug-likeness (QED) is 0.764. The van der Waals surface area contributed by atoms with E-state index in [0.29, 0.717) is 13.2 Å². The molecule has 0 N–H and O–H groups in total. The Kier molecular flexibility index (Phi) is 3.24. The molecule has 0 bridgehead atoms. The summed E-state index contributed by atoms with van der Waals surface area (Å²) in [5.41, 5.74) is 1.18. The second kappa shape index (κ2) is 5.02. The molecule has 3 heteroatoms. The van der Waals surface area contributed by atoms with Crippen molar-refractivity contribution >= 4 is 0 Å². The summed E-state index contributed by atoms with van der Waals surface area (Å²) >= 11 is 0. The maximum absolute atomic E-state index is 5.80. The van der Waals surface area contributed by atoms with Gasteiger partial charge in [-0.2, -0.15) is 0 Å². The average Bonchev–Trinajstić information content (AvgIpc) is 2.94. The van der Waals surface area contributed by atoms with Crippen LogP contribution >= 0.6 is 0 Å². The maximum Gasteiger partial charge on any atom is 0.166 e. The van der Waals surface area contributed by atoms with E-state index in [1.807, 2.05) is 18.2 Å². The number of ether oxygens (including phenoxy) is 2. The minimum Gasteiger partial charge on any atom is -0.486 e. The van der Waals surface area contributed by atoms with Gasteiger partial charge in [0.25, 0.3) is 0 Å². The third-order valence-corrected chi connectivity index (χ3v) is 3.67. The lowest BCUT2D eigenvalue weighted by atomic mass is 10.0. The lowest BCUT2D eigenvalue weighted by Gasteiger charge is -2.29. The van der Waals surface area contributed by atoms with Gasteiger partial charge in [-0.1, -0.05) is 18.2 Å². The maximum atomic E-state index is 5.80. The number of hydrogen-bond acceptors (Lipinski definition) is 3. The number of para-hydroxylation sites is 1. The summed E-state index contributed by atoms with van der Waals surface area (Å²) in [6.07, 6.45) is 4.56. The van der Waals surface area contributed by atoms with E-state index in [1.54, 1.807) is 0 Å². The summed E-state index contributed by atoms with van der Waals surface area (Å²) in [6, 6.07) is 6.37. The van der Waals surface area contributed by atoms with Crippen molar-refractivity contribution in [1.82, 2.24) is 4.90 Å². The van der Waals surface area contributed by atoms with Gasteiger partial charge in [0.1, 0.15) is 13.2 Å². The van der Waals surface area contributed by atoms with Crippen LogP contribution in [0.1, 0.15) is 24.4 Å². The molecule has 2 heterocycles. The Morgan fingerprint density at radius 1 is 1.17 bits per heavy atom. The topological polar surface area (TPSA) is 21.7 Å². The number of rotatable bonds is 3. The Bertz CT molecular complexity index is 438. The van der Waals surface area contributed by atoms with Gasteiger partial charge < -0.3 is 9.47 Å². The van der Waals surface area contributed by atoms with Gasteiger partial charge in [-0.25, -0.2) is 0 Å². The standard InChI is InChI=1S/C15H19NO2/c1-2-13(16-8-3-4-9-16)12-6-5-7-14-15(12)18-11-10-17-14/h2,5-7,13H,1,3-4,8-11H2.